The lowest BCUT2D eigenvalue weighted by Gasteiger charge is -2.24. The van der Waals surface area contributed by atoms with E-state index in [2.05, 4.69) is 80.8 Å². The maximum Gasteiger partial charge on any atom is 0.306 e. The molecule has 0 aliphatic carbocycles. The molecule has 0 heterocycles. The monoisotopic (exact) mass is 860 g/mol. The molecule has 1 amide bonds. The van der Waals surface area contributed by atoms with Crippen molar-refractivity contribution in [1.29, 1.82) is 0 Å². The minimum absolute atomic E-state index is 0.00458. The first-order chi connectivity index (χ1) is 30.5. The fourth-order valence-corrected chi connectivity index (χ4v) is 6.92. The molecule has 0 rings (SSSR count). The fraction of sp³-hybridized carbons (Fsp3) is 0.643. The number of nitrogens with one attached hydrogen (secondary N) is 1. The first-order valence-corrected chi connectivity index (χ1v) is 25.2. The Morgan fingerprint density at radius 2 is 0.952 bits per heavy atom. The van der Waals surface area contributed by atoms with E-state index in [1.807, 2.05) is 54.7 Å². The summed E-state index contributed by atoms with van der Waals surface area (Å²) in [5.41, 5.74) is 0. The van der Waals surface area contributed by atoms with Crippen LogP contribution >= 0.6 is 0 Å². The van der Waals surface area contributed by atoms with E-state index < -0.39 is 18.2 Å². The van der Waals surface area contributed by atoms with E-state index in [0.717, 1.165) is 64.2 Å². The number of aliphatic hydroxyl groups excluding tert-OH is 2. The Hall–Kier alpha value is -3.48. The van der Waals surface area contributed by atoms with Crippen LogP contribution in [0.2, 0.25) is 0 Å². The second-order valence-electron chi connectivity index (χ2n) is 16.6. The number of carbonyl (C=O) groups excluding carboxylic acids is 2. The third-order valence-electron chi connectivity index (χ3n) is 10.7. The van der Waals surface area contributed by atoms with Crippen LogP contribution in [0.15, 0.2) is 109 Å². The third-order valence-corrected chi connectivity index (χ3v) is 10.7. The van der Waals surface area contributed by atoms with Gasteiger partial charge in [0.1, 0.15) is 6.10 Å². The molecule has 0 aliphatic rings. The quantitative estimate of drug-likeness (QED) is 0.0246. The van der Waals surface area contributed by atoms with E-state index in [1.54, 1.807) is 0 Å². The van der Waals surface area contributed by atoms with Gasteiger partial charge in [0.25, 0.3) is 0 Å². The number of unbranched alkanes of at least 4 members (excludes halogenated alkanes) is 17. The SMILES string of the molecule is CC/C=C/C=C/C=C\C=C/C=C/CCCC(=O)OC(CCC/C=C\C/C=C\C/C=C\C/C=C\CCCCC)CC(=O)NC(CO)C(O)CCCCCCCCCCCCCCC. The molecule has 0 fully saturated rings. The second kappa shape index (κ2) is 48.6. The normalized spacial score (nSPS) is 14.2. The molecule has 3 unspecified atom stereocenters. The molecule has 6 heteroatoms. The van der Waals surface area contributed by atoms with Gasteiger partial charge in [-0.2, -0.15) is 0 Å². The maximum absolute atomic E-state index is 13.2. The van der Waals surface area contributed by atoms with Gasteiger partial charge in [-0.25, -0.2) is 0 Å². The number of hydrogen-bond acceptors (Lipinski definition) is 5. The molecule has 0 aliphatic heterocycles. The molecule has 0 spiro atoms. The van der Waals surface area contributed by atoms with E-state index in [1.165, 1.54) is 89.9 Å². The Morgan fingerprint density at radius 3 is 1.48 bits per heavy atom. The summed E-state index contributed by atoms with van der Waals surface area (Å²) in [5, 5.41) is 23.7. The summed E-state index contributed by atoms with van der Waals surface area (Å²) in [6.07, 6.45) is 65.8. The van der Waals surface area contributed by atoms with Crippen molar-refractivity contribution >= 4 is 11.9 Å². The molecule has 0 saturated heterocycles. The van der Waals surface area contributed by atoms with E-state index >= 15 is 0 Å². The Labute approximate surface area is 381 Å². The van der Waals surface area contributed by atoms with Gasteiger partial charge in [0, 0.05) is 6.42 Å². The van der Waals surface area contributed by atoms with Crippen molar-refractivity contribution in [1.82, 2.24) is 5.32 Å². The molecule has 62 heavy (non-hydrogen) atoms. The molecular formula is C56H93NO5. The van der Waals surface area contributed by atoms with E-state index in [0.29, 0.717) is 19.3 Å². The standard InChI is InChI=1S/C56H93NO5/c1-4-7-10-13-16-19-22-25-26-27-28-31-32-35-38-41-44-47-52(62-56(61)49-46-43-40-37-34-30-24-21-18-15-12-9-6-3)50-55(60)57-53(51-58)54(59)48-45-42-39-36-33-29-23-20-17-14-11-8-5-2/h9,12,15-16,18-19,21,24-26,28,30-31,34-35,37-38,40,52-54,58-59H,4-8,10-11,13-14,17,20,22-23,27,29,32-33,36,39,41-51H2,1-3H3,(H,57,60)/b12-9+,18-15+,19-16-,24-21-,26-25-,31-28-,34-30-,38-35-,40-37+. The van der Waals surface area contributed by atoms with Gasteiger partial charge in [0.15, 0.2) is 0 Å². The molecule has 3 N–H and O–H groups in total. The van der Waals surface area contributed by atoms with Crippen molar-refractivity contribution in [3.05, 3.63) is 109 Å². The van der Waals surface area contributed by atoms with Crippen molar-refractivity contribution in [2.75, 3.05) is 6.61 Å². The van der Waals surface area contributed by atoms with Crippen LogP contribution in [0, 0.1) is 0 Å². The van der Waals surface area contributed by atoms with Crippen LogP contribution in [0.4, 0.5) is 0 Å². The predicted octanol–water partition coefficient (Wildman–Crippen LogP) is 15.1. The largest absolute Gasteiger partial charge is 0.462 e. The smallest absolute Gasteiger partial charge is 0.306 e. The summed E-state index contributed by atoms with van der Waals surface area (Å²) in [4.78, 5) is 26.1. The van der Waals surface area contributed by atoms with Crippen LogP contribution in [0.25, 0.3) is 0 Å². The van der Waals surface area contributed by atoms with Gasteiger partial charge in [-0.05, 0) is 77.0 Å². The van der Waals surface area contributed by atoms with Crippen molar-refractivity contribution in [3.8, 4) is 0 Å². The first kappa shape index (κ1) is 58.5. The predicted molar refractivity (Wildman–Crippen MR) is 268 cm³/mol. The van der Waals surface area contributed by atoms with Crippen molar-refractivity contribution in [2.24, 2.45) is 0 Å². The summed E-state index contributed by atoms with van der Waals surface area (Å²) >= 11 is 0. The molecule has 0 radical (unpaired) electrons. The Bertz CT molecular complexity index is 1280. The highest BCUT2D eigenvalue weighted by Gasteiger charge is 2.24. The highest BCUT2D eigenvalue weighted by atomic mass is 16.5. The van der Waals surface area contributed by atoms with Crippen LogP contribution in [-0.2, 0) is 14.3 Å². The van der Waals surface area contributed by atoms with Crippen LogP contribution in [0.1, 0.15) is 207 Å². The average molecular weight is 860 g/mol. The van der Waals surface area contributed by atoms with Gasteiger partial charge in [0.2, 0.25) is 5.91 Å². The van der Waals surface area contributed by atoms with E-state index in [-0.39, 0.29) is 31.3 Å². The first-order valence-electron chi connectivity index (χ1n) is 25.2. The summed E-state index contributed by atoms with van der Waals surface area (Å²) < 4.78 is 5.86. The number of aliphatic hydroxyl groups is 2. The lowest BCUT2D eigenvalue weighted by atomic mass is 10.0. The average Bonchev–Trinajstić information content (AvgIpc) is 3.26. The Morgan fingerprint density at radius 1 is 0.500 bits per heavy atom. The Balaban J connectivity index is 4.83. The van der Waals surface area contributed by atoms with E-state index in [4.69, 9.17) is 4.74 Å². The highest BCUT2D eigenvalue weighted by molar-refractivity contribution is 5.77. The molecule has 3 atom stereocenters. The highest BCUT2D eigenvalue weighted by Crippen LogP contribution is 2.16. The molecule has 0 aromatic rings. The lowest BCUT2D eigenvalue weighted by Crippen LogP contribution is -2.46. The molecular weight excluding hydrogens is 767 g/mol. The van der Waals surface area contributed by atoms with Crippen LogP contribution in [0.5, 0.6) is 0 Å². The zero-order valence-corrected chi connectivity index (χ0v) is 40.0. The van der Waals surface area contributed by atoms with Gasteiger partial charge in [-0.15, -0.1) is 0 Å². The molecule has 352 valence electrons. The number of carbonyl (C=O) groups is 2. The lowest BCUT2D eigenvalue weighted by molar-refractivity contribution is -0.151. The summed E-state index contributed by atoms with van der Waals surface area (Å²) in [7, 11) is 0. The minimum atomic E-state index is -0.820. The van der Waals surface area contributed by atoms with Crippen LogP contribution in [-0.4, -0.2) is 46.9 Å². The summed E-state index contributed by atoms with van der Waals surface area (Å²) in [6, 6.07) is -0.740. The number of ether oxygens (including phenoxy) is 1. The van der Waals surface area contributed by atoms with Gasteiger partial charge < -0.3 is 20.3 Å². The van der Waals surface area contributed by atoms with Gasteiger partial charge in [-0.1, -0.05) is 226 Å². The van der Waals surface area contributed by atoms with Gasteiger partial charge in [-0.3, -0.25) is 9.59 Å². The van der Waals surface area contributed by atoms with E-state index in [9.17, 15) is 19.8 Å². The molecule has 0 aromatic heterocycles. The summed E-state index contributed by atoms with van der Waals surface area (Å²) in [6.45, 7) is 6.26. The van der Waals surface area contributed by atoms with Crippen molar-refractivity contribution in [3.63, 3.8) is 0 Å². The summed E-state index contributed by atoms with van der Waals surface area (Å²) in [5.74, 6) is -0.627. The molecule has 0 bridgehead atoms. The number of rotatable bonds is 43. The molecule has 0 saturated carbocycles. The van der Waals surface area contributed by atoms with Crippen molar-refractivity contribution in [2.45, 2.75) is 225 Å². The molecule has 6 nitrogen and oxygen atoms in total. The number of amides is 1. The topological polar surface area (TPSA) is 95.9 Å². The number of esters is 1. The second-order valence-corrected chi connectivity index (χ2v) is 16.6. The number of allylic oxidation sites excluding steroid dienone is 18. The minimum Gasteiger partial charge on any atom is -0.462 e. The molecule has 0 aromatic carbocycles. The van der Waals surface area contributed by atoms with Crippen LogP contribution < -0.4 is 5.32 Å². The van der Waals surface area contributed by atoms with Gasteiger partial charge >= 0.3 is 5.97 Å². The zero-order chi connectivity index (χ0) is 45.2. The fourth-order valence-electron chi connectivity index (χ4n) is 6.92. The zero-order valence-electron chi connectivity index (χ0n) is 40.0. The number of hydrogen-bond donors (Lipinski definition) is 3. The van der Waals surface area contributed by atoms with Crippen molar-refractivity contribution < 1.29 is 24.5 Å². The maximum atomic E-state index is 13.2. The Kier molecular flexibility index (Phi) is 45.8. The van der Waals surface area contributed by atoms with Gasteiger partial charge in [0.05, 0.1) is 25.2 Å². The van der Waals surface area contributed by atoms with Crippen LogP contribution in [0.3, 0.4) is 0 Å². The third kappa shape index (κ3) is 43.2.